The second kappa shape index (κ2) is 5.20. The molecule has 1 aliphatic rings. The topological polar surface area (TPSA) is 68.0 Å². The van der Waals surface area contributed by atoms with E-state index in [9.17, 15) is 4.79 Å². The molecule has 1 fully saturated rings. The number of nitrogen functional groups attached to an aromatic ring is 1. The predicted octanol–water partition coefficient (Wildman–Crippen LogP) is 2.32. The molecule has 108 valence electrons. The fraction of sp³-hybridized carbons (Fsp3) is 0.294. The summed E-state index contributed by atoms with van der Waals surface area (Å²) in [5.74, 6) is 0.100. The van der Waals surface area contributed by atoms with Crippen molar-refractivity contribution < 1.29 is 4.79 Å². The third kappa shape index (κ3) is 2.61. The van der Waals surface area contributed by atoms with Crippen molar-refractivity contribution in [3.63, 3.8) is 0 Å². The van der Waals surface area contributed by atoms with Crippen molar-refractivity contribution in [3.05, 3.63) is 59.4 Å². The number of nitrogens with two attached hydrogens (primary N) is 1. The number of carbonyl (C=O) groups excluding carboxylic acids is 1. The highest BCUT2D eigenvalue weighted by atomic mass is 16.2. The zero-order valence-electron chi connectivity index (χ0n) is 12.1. The minimum absolute atomic E-state index is 0.100. The molecule has 3 rings (SSSR count). The van der Waals surface area contributed by atoms with Gasteiger partial charge in [-0.15, -0.1) is 0 Å². The highest BCUT2D eigenvalue weighted by Crippen LogP contribution is 2.48. The fourth-order valence-corrected chi connectivity index (χ4v) is 2.62. The van der Waals surface area contributed by atoms with Crippen molar-refractivity contribution in [2.45, 2.75) is 31.7 Å². The largest absolute Gasteiger partial charge is 0.399 e. The Hall–Kier alpha value is -2.36. The molecule has 1 saturated carbocycles. The Kier molecular flexibility index (Phi) is 3.37. The molecule has 4 heteroatoms. The van der Waals surface area contributed by atoms with Gasteiger partial charge in [-0.3, -0.25) is 9.78 Å². The Morgan fingerprint density at radius 1 is 1.29 bits per heavy atom. The highest BCUT2D eigenvalue weighted by molar-refractivity contribution is 5.91. The molecule has 1 aliphatic carbocycles. The fourth-order valence-electron chi connectivity index (χ4n) is 2.62. The number of rotatable bonds is 4. The predicted molar refractivity (Wildman–Crippen MR) is 82.6 cm³/mol. The first-order chi connectivity index (χ1) is 10.1. The smallest absolute Gasteiger partial charge is 0.230 e. The number of hydrogen-bond donors (Lipinski definition) is 2. The molecule has 0 atom stereocenters. The van der Waals surface area contributed by atoms with Gasteiger partial charge in [0.25, 0.3) is 0 Å². The van der Waals surface area contributed by atoms with Gasteiger partial charge >= 0.3 is 0 Å². The van der Waals surface area contributed by atoms with E-state index >= 15 is 0 Å². The zero-order valence-corrected chi connectivity index (χ0v) is 12.1. The monoisotopic (exact) mass is 281 g/mol. The number of nitrogens with one attached hydrogen (secondary N) is 1. The van der Waals surface area contributed by atoms with Crippen LogP contribution < -0.4 is 11.1 Å². The Morgan fingerprint density at radius 2 is 2.00 bits per heavy atom. The van der Waals surface area contributed by atoms with Crippen LogP contribution in [0.4, 0.5) is 5.69 Å². The summed E-state index contributed by atoms with van der Waals surface area (Å²) in [5, 5.41) is 3.06. The number of benzene rings is 1. The molecule has 1 aromatic heterocycles. The van der Waals surface area contributed by atoms with E-state index in [1.165, 1.54) is 0 Å². The third-order valence-corrected chi connectivity index (χ3v) is 4.22. The van der Waals surface area contributed by atoms with Crippen LogP contribution >= 0.6 is 0 Å². The molecule has 2 aromatic rings. The van der Waals surface area contributed by atoms with Crippen molar-refractivity contribution >= 4 is 11.6 Å². The first-order valence-corrected chi connectivity index (χ1v) is 7.16. The van der Waals surface area contributed by atoms with Crippen LogP contribution in [0, 0.1) is 6.92 Å². The lowest BCUT2D eigenvalue weighted by Crippen LogP contribution is -2.34. The number of amides is 1. The van der Waals surface area contributed by atoms with Gasteiger partial charge in [0.05, 0.1) is 5.41 Å². The summed E-state index contributed by atoms with van der Waals surface area (Å²) in [4.78, 5) is 16.6. The molecule has 1 heterocycles. The van der Waals surface area contributed by atoms with Gasteiger partial charge in [-0.2, -0.15) is 0 Å². The zero-order chi connectivity index (χ0) is 14.9. The van der Waals surface area contributed by atoms with E-state index in [2.05, 4.69) is 10.3 Å². The van der Waals surface area contributed by atoms with E-state index in [0.717, 1.165) is 35.2 Å². The van der Waals surface area contributed by atoms with E-state index in [4.69, 9.17) is 5.73 Å². The summed E-state index contributed by atoms with van der Waals surface area (Å²) < 4.78 is 0. The highest BCUT2D eigenvalue weighted by Gasteiger charge is 2.50. The van der Waals surface area contributed by atoms with Gasteiger partial charge in [-0.05, 0) is 54.7 Å². The van der Waals surface area contributed by atoms with E-state index < -0.39 is 0 Å². The third-order valence-electron chi connectivity index (χ3n) is 4.22. The van der Waals surface area contributed by atoms with Crippen molar-refractivity contribution in [1.82, 2.24) is 10.3 Å². The van der Waals surface area contributed by atoms with E-state index in [1.54, 1.807) is 6.20 Å². The first-order valence-electron chi connectivity index (χ1n) is 7.16. The number of aryl methyl sites for hydroxylation is 1. The second-order valence-corrected chi connectivity index (χ2v) is 5.69. The minimum atomic E-state index is -0.353. The first kappa shape index (κ1) is 13.6. The number of hydrogen-bond acceptors (Lipinski definition) is 3. The normalized spacial score (nSPS) is 15.5. The van der Waals surface area contributed by atoms with Crippen LogP contribution in [0.15, 0.2) is 42.7 Å². The maximum absolute atomic E-state index is 12.5. The minimum Gasteiger partial charge on any atom is -0.399 e. The second-order valence-electron chi connectivity index (χ2n) is 5.69. The molecule has 0 radical (unpaired) electrons. The Morgan fingerprint density at radius 3 is 2.62 bits per heavy atom. The number of pyridine rings is 1. The van der Waals surface area contributed by atoms with Gasteiger partial charge in [0, 0.05) is 24.6 Å². The number of nitrogens with zero attached hydrogens (tertiary/aromatic N) is 1. The molecule has 0 aliphatic heterocycles. The van der Waals surface area contributed by atoms with Crippen LogP contribution in [0.25, 0.3) is 0 Å². The number of anilines is 1. The van der Waals surface area contributed by atoms with Gasteiger partial charge in [0.15, 0.2) is 0 Å². The number of aromatic nitrogens is 1. The molecule has 21 heavy (non-hydrogen) atoms. The lowest BCUT2D eigenvalue weighted by molar-refractivity contribution is -0.123. The maximum atomic E-state index is 12.5. The molecule has 4 nitrogen and oxygen atoms in total. The quantitative estimate of drug-likeness (QED) is 0.845. The summed E-state index contributed by atoms with van der Waals surface area (Å²) >= 11 is 0. The molecule has 1 aromatic carbocycles. The van der Waals surface area contributed by atoms with Crippen LogP contribution in [0.2, 0.25) is 0 Å². The van der Waals surface area contributed by atoms with Gasteiger partial charge in [0.2, 0.25) is 5.91 Å². The molecule has 0 bridgehead atoms. The molecule has 0 saturated heterocycles. The summed E-state index contributed by atoms with van der Waals surface area (Å²) in [5.41, 5.74) is 9.34. The van der Waals surface area contributed by atoms with Crippen LogP contribution in [-0.4, -0.2) is 10.9 Å². The molecular formula is C17H19N3O. The van der Waals surface area contributed by atoms with E-state index in [0.29, 0.717) is 6.54 Å². The Labute approximate surface area is 124 Å². The van der Waals surface area contributed by atoms with Crippen LogP contribution in [0.1, 0.15) is 29.5 Å². The SMILES string of the molecule is Cc1cnccc1CNC(=O)C1(c2ccc(N)cc2)CC1. The van der Waals surface area contributed by atoms with E-state index in [1.807, 2.05) is 43.5 Å². The van der Waals surface area contributed by atoms with E-state index in [-0.39, 0.29) is 11.3 Å². The van der Waals surface area contributed by atoms with Crippen LogP contribution in [0.5, 0.6) is 0 Å². The lowest BCUT2D eigenvalue weighted by atomic mass is 9.94. The number of carbonyl (C=O) groups is 1. The van der Waals surface area contributed by atoms with Gasteiger partial charge in [-0.25, -0.2) is 0 Å². The van der Waals surface area contributed by atoms with Crippen LogP contribution in [-0.2, 0) is 16.8 Å². The van der Waals surface area contributed by atoms with Crippen molar-refractivity contribution in [2.75, 3.05) is 5.73 Å². The Bertz CT molecular complexity index is 660. The standard InChI is InChI=1S/C17H19N3O/c1-12-10-19-9-6-13(12)11-20-16(21)17(7-8-17)14-2-4-15(18)5-3-14/h2-6,9-10H,7-8,11,18H2,1H3,(H,20,21). The molecule has 3 N–H and O–H groups in total. The summed E-state index contributed by atoms with van der Waals surface area (Å²) in [6.45, 7) is 2.55. The average Bonchev–Trinajstić information content (AvgIpc) is 3.28. The summed E-state index contributed by atoms with van der Waals surface area (Å²) in [6, 6.07) is 9.57. The van der Waals surface area contributed by atoms with Crippen LogP contribution in [0.3, 0.4) is 0 Å². The van der Waals surface area contributed by atoms with Crippen molar-refractivity contribution in [1.29, 1.82) is 0 Å². The average molecular weight is 281 g/mol. The summed E-state index contributed by atoms with van der Waals surface area (Å²) in [7, 11) is 0. The molecular weight excluding hydrogens is 262 g/mol. The lowest BCUT2D eigenvalue weighted by Gasteiger charge is -2.16. The molecule has 1 amide bonds. The summed E-state index contributed by atoms with van der Waals surface area (Å²) in [6.07, 6.45) is 5.37. The Balaban J connectivity index is 1.71. The van der Waals surface area contributed by atoms with Gasteiger partial charge in [-0.1, -0.05) is 12.1 Å². The van der Waals surface area contributed by atoms with Crippen molar-refractivity contribution in [3.8, 4) is 0 Å². The van der Waals surface area contributed by atoms with Gasteiger partial charge < -0.3 is 11.1 Å². The molecule has 0 unspecified atom stereocenters. The van der Waals surface area contributed by atoms with Crippen molar-refractivity contribution in [2.24, 2.45) is 0 Å². The van der Waals surface area contributed by atoms with Gasteiger partial charge in [0.1, 0.15) is 0 Å². The maximum Gasteiger partial charge on any atom is 0.230 e. The molecule has 0 spiro atoms.